The summed E-state index contributed by atoms with van der Waals surface area (Å²) in [6, 6.07) is 15.4. The number of nitrogens with zero attached hydrogens (tertiary/aromatic N) is 1. The van der Waals surface area contributed by atoms with Crippen LogP contribution in [0.5, 0.6) is 0 Å². The highest BCUT2D eigenvalue weighted by atomic mass is 35.5. The maximum absolute atomic E-state index is 13.5. The first-order chi connectivity index (χ1) is 12.7. The second kappa shape index (κ2) is 6.08. The van der Waals surface area contributed by atoms with Crippen LogP contribution in [0.3, 0.4) is 0 Å². The van der Waals surface area contributed by atoms with Crippen LogP contribution >= 0.6 is 11.6 Å². The summed E-state index contributed by atoms with van der Waals surface area (Å²) >= 11 is 6.33. The number of anilines is 1. The molecule has 0 N–H and O–H groups in total. The van der Waals surface area contributed by atoms with Gasteiger partial charge in [-0.05, 0) is 30.5 Å². The van der Waals surface area contributed by atoms with E-state index < -0.39 is 5.79 Å². The number of rotatable bonds is 2. The zero-order valence-corrected chi connectivity index (χ0v) is 15.1. The predicted molar refractivity (Wildman–Crippen MR) is 99.0 cm³/mol. The number of hydrogen-bond donors (Lipinski definition) is 0. The zero-order valence-electron chi connectivity index (χ0n) is 14.4. The molecule has 2 atom stereocenters. The molecule has 0 bridgehead atoms. The topological polar surface area (TPSA) is 38.8 Å². The van der Waals surface area contributed by atoms with Crippen LogP contribution in [0.25, 0.3) is 0 Å². The van der Waals surface area contributed by atoms with Crippen LogP contribution in [0, 0.1) is 0 Å². The molecule has 5 heteroatoms. The average Bonchev–Trinajstić information content (AvgIpc) is 3.16. The van der Waals surface area contributed by atoms with Gasteiger partial charge in [0.25, 0.3) is 11.7 Å². The lowest BCUT2D eigenvalue weighted by Crippen LogP contribution is -2.41. The Balaban J connectivity index is 1.55. The number of carbonyl (C=O) groups is 1. The minimum Gasteiger partial charge on any atom is -0.332 e. The third-order valence-electron chi connectivity index (χ3n) is 5.64. The number of benzene rings is 2. The number of para-hydroxylation sites is 1. The van der Waals surface area contributed by atoms with Gasteiger partial charge in [0.05, 0.1) is 24.4 Å². The van der Waals surface area contributed by atoms with Crippen molar-refractivity contribution < 1.29 is 14.3 Å². The van der Waals surface area contributed by atoms with E-state index in [1.165, 1.54) is 0 Å². The van der Waals surface area contributed by atoms with Gasteiger partial charge in [0, 0.05) is 10.6 Å². The van der Waals surface area contributed by atoms with Gasteiger partial charge in [-0.15, -0.1) is 0 Å². The van der Waals surface area contributed by atoms with Crippen LogP contribution < -0.4 is 4.90 Å². The van der Waals surface area contributed by atoms with Crippen LogP contribution in [-0.4, -0.2) is 18.1 Å². The molecular formula is C21H20ClNO3. The Morgan fingerprint density at radius 3 is 2.38 bits per heavy atom. The van der Waals surface area contributed by atoms with Crippen molar-refractivity contribution in [1.82, 2.24) is 0 Å². The molecule has 2 unspecified atom stereocenters. The number of amides is 1. The van der Waals surface area contributed by atoms with Crippen molar-refractivity contribution in [2.45, 2.75) is 50.2 Å². The van der Waals surface area contributed by atoms with Gasteiger partial charge >= 0.3 is 0 Å². The van der Waals surface area contributed by atoms with Crippen molar-refractivity contribution in [3.63, 3.8) is 0 Å². The van der Waals surface area contributed by atoms with Crippen molar-refractivity contribution >= 4 is 23.2 Å². The molecular weight excluding hydrogens is 350 g/mol. The Hall–Kier alpha value is -1.88. The van der Waals surface area contributed by atoms with Crippen LogP contribution in [0.15, 0.2) is 48.5 Å². The summed E-state index contributed by atoms with van der Waals surface area (Å²) in [5.74, 6) is -1.44. The molecule has 5 rings (SSSR count). The Morgan fingerprint density at radius 2 is 1.65 bits per heavy atom. The monoisotopic (exact) mass is 369 g/mol. The van der Waals surface area contributed by atoms with E-state index in [0.717, 1.165) is 42.5 Å². The molecule has 4 nitrogen and oxygen atoms in total. The van der Waals surface area contributed by atoms with Crippen LogP contribution in [-0.2, 0) is 26.6 Å². The van der Waals surface area contributed by atoms with E-state index in [2.05, 4.69) is 0 Å². The van der Waals surface area contributed by atoms with Gasteiger partial charge in [-0.3, -0.25) is 4.79 Å². The van der Waals surface area contributed by atoms with E-state index in [0.29, 0.717) is 11.6 Å². The summed E-state index contributed by atoms with van der Waals surface area (Å²) in [5, 5.41) is 0.653. The summed E-state index contributed by atoms with van der Waals surface area (Å²) < 4.78 is 12.6. The first-order valence-corrected chi connectivity index (χ1v) is 9.57. The predicted octanol–water partition coefficient (Wildman–Crippen LogP) is 4.40. The maximum Gasteiger partial charge on any atom is 0.292 e. The van der Waals surface area contributed by atoms with Crippen molar-refractivity contribution in [1.29, 1.82) is 0 Å². The number of ether oxygens (including phenoxy) is 2. The van der Waals surface area contributed by atoms with E-state index in [1.54, 1.807) is 4.90 Å². The zero-order chi connectivity index (χ0) is 17.7. The molecule has 0 radical (unpaired) electrons. The highest BCUT2D eigenvalue weighted by Gasteiger charge is 2.61. The summed E-state index contributed by atoms with van der Waals surface area (Å²) in [6.45, 7) is 0.402. The first kappa shape index (κ1) is 16.3. The van der Waals surface area contributed by atoms with Crippen LogP contribution in [0.4, 0.5) is 5.69 Å². The SMILES string of the molecule is O=C1N(Cc2ccccc2Cl)c2ccccc2C12OC1CCCCC1O2. The molecule has 2 heterocycles. The number of halogens is 1. The Bertz CT molecular complexity index is 854. The number of carbonyl (C=O) groups excluding carboxylic acids is 1. The minimum atomic E-state index is -1.29. The van der Waals surface area contributed by atoms with Gasteiger partial charge in [0.15, 0.2) is 0 Å². The highest BCUT2D eigenvalue weighted by molar-refractivity contribution is 6.31. The molecule has 1 saturated heterocycles. The molecule has 1 amide bonds. The second-order valence-electron chi connectivity index (χ2n) is 7.21. The number of fused-ring (bicyclic) bond motifs is 3. The van der Waals surface area contributed by atoms with Gasteiger partial charge in [0.2, 0.25) is 0 Å². The third kappa shape index (κ3) is 2.33. The van der Waals surface area contributed by atoms with Crippen molar-refractivity contribution in [2.75, 3.05) is 4.90 Å². The molecule has 1 spiro atoms. The highest BCUT2D eigenvalue weighted by Crippen LogP contribution is 2.51. The first-order valence-electron chi connectivity index (χ1n) is 9.19. The van der Waals surface area contributed by atoms with E-state index >= 15 is 0 Å². The Kier molecular flexibility index (Phi) is 3.82. The van der Waals surface area contributed by atoms with Gasteiger partial charge in [-0.25, -0.2) is 0 Å². The normalized spacial score (nSPS) is 29.9. The molecule has 2 aromatic carbocycles. The van der Waals surface area contributed by atoms with E-state index in [1.807, 2.05) is 48.5 Å². The smallest absolute Gasteiger partial charge is 0.292 e. The summed E-state index contributed by atoms with van der Waals surface area (Å²) in [6.07, 6.45) is 4.15. The van der Waals surface area contributed by atoms with Crippen molar-refractivity contribution in [2.24, 2.45) is 0 Å². The molecule has 2 fully saturated rings. The molecule has 26 heavy (non-hydrogen) atoms. The molecule has 2 aliphatic heterocycles. The molecule has 0 aromatic heterocycles. The molecule has 1 saturated carbocycles. The average molecular weight is 370 g/mol. The van der Waals surface area contributed by atoms with E-state index in [9.17, 15) is 4.79 Å². The fourth-order valence-electron chi connectivity index (χ4n) is 4.36. The summed E-state index contributed by atoms with van der Waals surface area (Å²) in [7, 11) is 0. The van der Waals surface area contributed by atoms with Crippen LogP contribution in [0.2, 0.25) is 5.02 Å². The standard InChI is InChI=1S/C21H20ClNO3/c22-16-9-3-1-7-14(16)13-23-17-10-4-2-8-15(17)21(20(23)24)25-18-11-5-6-12-19(18)26-21/h1-4,7-10,18-19H,5-6,11-13H2. The summed E-state index contributed by atoms with van der Waals surface area (Å²) in [5.41, 5.74) is 2.56. The third-order valence-corrected chi connectivity index (χ3v) is 6.01. The van der Waals surface area contributed by atoms with Crippen molar-refractivity contribution in [3.8, 4) is 0 Å². The molecule has 134 valence electrons. The summed E-state index contributed by atoms with van der Waals surface area (Å²) in [4.78, 5) is 15.2. The lowest BCUT2D eigenvalue weighted by Gasteiger charge is -2.23. The minimum absolute atomic E-state index is 0.000944. The van der Waals surface area contributed by atoms with Crippen molar-refractivity contribution in [3.05, 3.63) is 64.7 Å². The second-order valence-corrected chi connectivity index (χ2v) is 7.62. The lowest BCUT2D eigenvalue weighted by molar-refractivity contribution is -0.190. The quantitative estimate of drug-likeness (QED) is 0.787. The Morgan fingerprint density at radius 1 is 1.00 bits per heavy atom. The fraction of sp³-hybridized carbons (Fsp3) is 0.381. The number of hydrogen-bond acceptors (Lipinski definition) is 3. The molecule has 1 aliphatic carbocycles. The Labute approximate surface area is 157 Å². The fourth-order valence-corrected chi connectivity index (χ4v) is 4.55. The van der Waals surface area contributed by atoms with E-state index in [-0.39, 0.29) is 18.1 Å². The van der Waals surface area contributed by atoms with Gasteiger partial charge < -0.3 is 14.4 Å². The molecule has 2 aromatic rings. The van der Waals surface area contributed by atoms with Crippen LogP contribution in [0.1, 0.15) is 36.8 Å². The van der Waals surface area contributed by atoms with Gasteiger partial charge in [-0.1, -0.05) is 60.8 Å². The maximum atomic E-state index is 13.5. The molecule has 3 aliphatic rings. The van der Waals surface area contributed by atoms with E-state index in [4.69, 9.17) is 21.1 Å². The van der Waals surface area contributed by atoms with Gasteiger partial charge in [0.1, 0.15) is 0 Å². The van der Waals surface area contributed by atoms with Gasteiger partial charge in [-0.2, -0.15) is 0 Å². The largest absolute Gasteiger partial charge is 0.332 e. The lowest BCUT2D eigenvalue weighted by atomic mass is 9.95.